The number of hydrogen-bond donors (Lipinski definition) is 2. The highest BCUT2D eigenvalue weighted by Crippen LogP contribution is 2.34. The maximum atomic E-state index is 12.8. The Morgan fingerprint density at radius 3 is 2.61 bits per heavy atom. The Kier molecular flexibility index (Phi) is 4.48. The Bertz CT molecular complexity index is 1120. The molecule has 2 atom stereocenters. The summed E-state index contributed by atoms with van der Waals surface area (Å²) in [6.45, 7) is 3.54. The van der Waals surface area contributed by atoms with E-state index in [1.54, 1.807) is 37.0 Å². The fourth-order valence-electron chi connectivity index (χ4n) is 3.19. The number of anilines is 1. The average molecular weight is 397 g/mol. The summed E-state index contributed by atoms with van der Waals surface area (Å²) in [6, 6.07) is 11.6. The average Bonchev–Trinajstić information content (AvgIpc) is 3.30. The summed E-state index contributed by atoms with van der Waals surface area (Å²) in [6.07, 6.45) is 3.04. The van der Waals surface area contributed by atoms with Crippen molar-refractivity contribution >= 4 is 21.6 Å². The molecule has 3 aromatic rings. The maximum absolute atomic E-state index is 12.8. The van der Waals surface area contributed by atoms with Crippen molar-refractivity contribution in [1.29, 1.82) is 0 Å². The van der Waals surface area contributed by atoms with Gasteiger partial charge in [0.15, 0.2) is 0 Å². The topological polar surface area (TPSA) is 106 Å². The molecule has 0 saturated heterocycles. The molecule has 1 aromatic heterocycles. The second-order valence-electron chi connectivity index (χ2n) is 6.73. The molecule has 4 rings (SSSR count). The zero-order valence-electron chi connectivity index (χ0n) is 15.3. The lowest BCUT2D eigenvalue weighted by atomic mass is 10.0. The molecule has 2 heterocycles. The largest absolute Gasteiger partial charge is 0.325 e. The summed E-state index contributed by atoms with van der Waals surface area (Å²) < 4.78 is 30.0. The van der Waals surface area contributed by atoms with Gasteiger partial charge in [0.05, 0.1) is 16.5 Å². The minimum atomic E-state index is -3.74. The van der Waals surface area contributed by atoms with Gasteiger partial charge >= 0.3 is 0 Å². The Hall–Kier alpha value is -3.04. The number of sulfonamides is 1. The molecule has 0 bridgehead atoms. The number of amides is 1. The van der Waals surface area contributed by atoms with E-state index in [1.807, 2.05) is 24.3 Å². The van der Waals surface area contributed by atoms with Gasteiger partial charge in [0.2, 0.25) is 15.9 Å². The number of nitrogens with zero attached hydrogens (tertiary/aromatic N) is 3. The molecule has 28 heavy (non-hydrogen) atoms. The molecule has 2 N–H and O–H groups in total. The van der Waals surface area contributed by atoms with Gasteiger partial charge in [-0.2, -0.15) is 5.10 Å². The zero-order valence-corrected chi connectivity index (χ0v) is 16.1. The van der Waals surface area contributed by atoms with Crippen LogP contribution in [-0.2, 0) is 14.8 Å². The van der Waals surface area contributed by atoms with Crippen LogP contribution in [0.5, 0.6) is 0 Å². The Labute approximate surface area is 162 Å². The van der Waals surface area contributed by atoms with Crippen molar-refractivity contribution in [3.63, 3.8) is 0 Å². The molecule has 8 nitrogen and oxygen atoms in total. The number of hydrogen-bond acceptors (Lipinski definition) is 5. The van der Waals surface area contributed by atoms with Gasteiger partial charge in [-0.3, -0.25) is 4.79 Å². The molecule has 0 unspecified atom stereocenters. The third-order valence-corrected chi connectivity index (χ3v) is 6.40. The fraction of sp³-hybridized carbons (Fsp3) is 0.211. The molecule has 1 aliphatic rings. The molecule has 0 radical (unpaired) electrons. The normalized spacial score (nSPS) is 17.2. The highest BCUT2D eigenvalue weighted by atomic mass is 32.2. The van der Waals surface area contributed by atoms with Crippen molar-refractivity contribution in [1.82, 2.24) is 19.5 Å². The molecular formula is C19H19N5O3S. The van der Waals surface area contributed by atoms with Gasteiger partial charge in [-0.15, -0.1) is 0 Å². The van der Waals surface area contributed by atoms with Gasteiger partial charge in [-0.1, -0.05) is 12.1 Å². The van der Waals surface area contributed by atoms with Crippen LogP contribution in [0.3, 0.4) is 0 Å². The van der Waals surface area contributed by atoms with E-state index in [-0.39, 0.29) is 16.7 Å². The minimum Gasteiger partial charge on any atom is -0.325 e. The van der Waals surface area contributed by atoms with Crippen molar-refractivity contribution in [3.8, 4) is 5.69 Å². The van der Waals surface area contributed by atoms with E-state index in [2.05, 4.69) is 20.1 Å². The van der Waals surface area contributed by atoms with Crippen LogP contribution in [0.15, 0.2) is 60.0 Å². The summed E-state index contributed by atoms with van der Waals surface area (Å²) in [4.78, 5) is 15.8. The molecule has 144 valence electrons. The van der Waals surface area contributed by atoms with E-state index < -0.39 is 16.1 Å². The number of carbonyl (C=O) groups is 1. The third-order valence-electron chi connectivity index (χ3n) is 4.86. The van der Waals surface area contributed by atoms with E-state index in [1.165, 1.54) is 12.4 Å². The Balaban J connectivity index is 1.54. The summed E-state index contributed by atoms with van der Waals surface area (Å²) in [5, 5.41) is 6.81. The molecule has 1 amide bonds. The quantitative estimate of drug-likeness (QED) is 0.687. The second kappa shape index (κ2) is 6.84. The van der Waals surface area contributed by atoms with Gasteiger partial charge in [0.1, 0.15) is 12.7 Å². The van der Waals surface area contributed by atoms with Crippen LogP contribution < -0.4 is 10.0 Å². The molecular weight excluding hydrogens is 378 g/mol. The summed E-state index contributed by atoms with van der Waals surface area (Å²) >= 11 is 0. The van der Waals surface area contributed by atoms with Crippen LogP contribution in [0, 0.1) is 0 Å². The summed E-state index contributed by atoms with van der Waals surface area (Å²) in [5.74, 6) is -0.495. The first kappa shape index (κ1) is 18.3. The van der Waals surface area contributed by atoms with Crippen LogP contribution in [0.4, 0.5) is 5.69 Å². The van der Waals surface area contributed by atoms with Crippen molar-refractivity contribution in [2.24, 2.45) is 0 Å². The Morgan fingerprint density at radius 1 is 1.18 bits per heavy atom. The van der Waals surface area contributed by atoms with Crippen molar-refractivity contribution < 1.29 is 13.2 Å². The lowest BCUT2D eigenvalue weighted by molar-refractivity contribution is -0.116. The molecule has 2 aromatic carbocycles. The number of nitrogens with one attached hydrogen (secondary N) is 2. The molecule has 9 heteroatoms. The van der Waals surface area contributed by atoms with Gasteiger partial charge in [0, 0.05) is 11.7 Å². The lowest BCUT2D eigenvalue weighted by Crippen LogP contribution is -2.27. The van der Waals surface area contributed by atoms with Crippen LogP contribution in [0.25, 0.3) is 5.69 Å². The smallest absolute Gasteiger partial charge is 0.241 e. The van der Waals surface area contributed by atoms with Crippen molar-refractivity contribution in [3.05, 3.63) is 66.2 Å². The monoisotopic (exact) mass is 397 g/mol. The van der Waals surface area contributed by atoms with Gasteiger partial charge < -0.3 is 5.32 Å². The highest BCUT2D eigenvalue weighted by Gasteiger charge is 2.28. The highest BCUT2D eigenvalue weighted by molar-refractivity contribution is 7.89. The number of aromatic nitrogens is 3. The van der Waals surface area contributed by atoms with E-state index in [0.29, 0.717) is 11.3 Å². The van der Waals surface area contributed by atoms with Crippen molar-refractivity contribution in [2.75, 3.05) is 5.32 Å². The third kappa shape index (κ3) is 3.30. The summed E-state index contributed by atoms with van der Waals surface area (Å²) in [5.41, 5.74) is 3.01. The Morgan fingerprint density at radius 2 is 1.93 bits per heavy atom. The number of benzene rings is 2. The van der Waals surface area contributed by atoms with Crippen LogP contribution in [-0.4, -0.2) is 29.1 Å². The fourth-order valence-corrected chi connectivity index (χ4v) is 4.46. The molecule has 0 spiro atoms. The van der Waals surface area contributed by atoms with Crippen molar-refractivity contribution in [2.45, 2.75) is 30.7 Å². The van der Waals surface area contributed by atoms with E-state index in [4.69, 9.17) is 0 Å². The molecule has 0 fully saturated rings. The number of carbonyl (C=O) groups excluding carboxylic acids is 1. The molecule has 0 saturated carbocycles. The van der Waals surface area contributed by atoms with Crippen LogP contribution >= 0.6 is 0 Å². The SMILES string of the molecule is C[C@H](NS(=O)(=O)c1ccc2c(c1)[C@H](C)C(=O)N2)c1ccc(-n2cncn2)cc1. The van der Waals surface area contributed by atoms with Gasteiger partial charge in [-0.25, -0.2) is 22.8 Å². The van der Waals surface area contributed by atoms with Crippen LogP contribution in [0.1, 0.15) is 36.9 Å². The molecule has 1 aliphatic heterocycles. The predicted molar refractivity (Wildman–Crippen MR) is 104 cm³/mol. The lowest BCUT2D eigenvalue weighted by Gasteiger charge is -2.16. The van der Waals surface area contributed by atoms with Gasteiger partial charge in [-0.05, 0) is 55.3 Å². The van der Waals surface area contributed by atoms with Gasteiger partial charge in [0.25, 0.3) is 0 Å². The zero-order chi connectivity index (χ0) is 19.9. The number of fused-ring (bicyclic) bond motifs is 1. The predicted octanol–water partition coefficient (Wildman–Crippen LogP) is 2.36. The minimum absolute atomic E-state index is 0.127. The standard InChI is InChI=1S/C19H19N5O3S/c1-12-17-9-16(7-8-18(17)22-19(12)25)28(26,27)23-13(2)14-3-5-15(6-4-14)24-11-20-10-21-24/h3-13,23H,1-2H3,(H,22,25)/t12-,13-/m0/s1. The molecule has 0 aliphatic carbocycles. The first-order chi connectivity index (χ1) is 13.3. The van der Waals surface area contributed by atoms with E-state index in [9.17, 15) is 13.2 Å². The summed E-state index contributed by atoms with van der Waals surface area (Å²) in [7, 11) is -3.74. The maximum Gasteiger partial charge on any atom is 0.241 e. The first-order valence-electron chi connectivity index (χ1n) is 8.77. The first-order valence-corrected chi connectivity index (χ1v) is 10.3. The number of rotatable bonds is 5. The van der Waals surface area contributed by atoms with E-state index in [0.717, 1.165) is 11.3 Å². The van der Waals surface area contributed by atoms with E-state index >= 15 is 0 Å². The second-order valence-corrected chi connectivity index (χ2v) is 8.45. The van der Waals surface area contributed by atoms with Crippen LogP contribution in [0.2, 0.25) is 0 Å².